The SMILES string of the molecule is C[C@@H]1O[C@@H](OC[C@H]2O[C@@H](Oc3c(-c4ccc(O)cc4)oc4cc(O)cc(O)c4c3=O)[C@H](O[C@@H]3OC[C@@H](O)[C@H](O)[C@H]3O)[C@@H](O)[C@@H]2O)[C@H](O)[C@H](O[C@H]2O[C@H](CO)[C@@H](O)[C@H](O)[C@H]2O)[C@H]1O. The van der Waals surface area contributed by atoms with Gasteiger partial charge < -0.3 is 114 Å². The van der Waals surface area contributed by atoms with Crippen molar-refractivity contribution in [3.63, 3.8) is 0 Å². The highest BCUT2D eigenvalue weighted by Gasteiger charge is 2.53. The molecule has 24 heteroatoms. The van der Waals surface area contributed by atoms with Crippen LogP contribution in [0.15, 0.2) is 45.6 Å². The van der Waals surface area contributed by atoms with Crippen LogP contribution in [0.3, 0.4) is 0 Å². The number of hydrogen-bond donors (Lipinski definition) is 14. The van der Waals surface area contributed by atoms with Crippen LogP contribution in [0, 0.1) is 0 Å². The molecule has 0 radical (unpaired) electrons. The average molecular weight is 889 g/mol. The lowest BCUT2D eigenvalue weighted by Gasteiger charge is -2.46. The van der Waals surface area contributed by atoms with Crippen LogP contribution in [0.2, 0.25) is 0 Å². The van der Waals surface area contributed by atoms with Crippen LogP contribution < -0.4 is 10.2 Å². The van der Waals surface area contributed by atoms with Gasteiger partial charge in [0.2, 0.25) is 17.5 Å². The van der Waals surface area contributed by atoms with Crippen molar-refractivity contribution in [1.29, 1.82) is 0 Å². The fourth-order valence-corrected chi connectivity index (χ4v) is 7.45. The summed E-state index contributed by atoms with van der Waals surface area (Å²) in [5.74, 6) is -2.48. The molecule has 14 N–H and O–H groups in total. The monoisotopic (exact) mass is 888 g/mol. The second-order valence-electron chi connectivity index (χ2n) is 15.3. The summed E-state index contributed by atoms with van der Waals surface area (Å²) >= 11 is 0. The van der Waals surface area contributed by atoms with Crippen LogP contribution in [0.4, 0.5) is 0 Å². The number of rotatable bonds is 11. The summed E-state index contributed by atoms with van der Waals surface area (Å²) in [5.41, 5.74) is -1.28. The zero-order chi connectivity index (χ0) is 44.9. The Bertz CT molecular complexity index is 2050. The van der Waals surface area contributed by atoms with E-state index in [-0.39, 0.29) is 22.7 Å². The number of phenols is 3. The molecule has 3 aromatic rings. The number of hydrogen-bond acceptors (Lipinski definition) is 24. The van der Waals surface area contributed by atoms with Gasteiger partial charge >= 0.3 is 0 Å². The van der Waals surface area contributed by atoms with E-state index in [1.54, 1.807) is 0 Å². The van der Waals surface area contributed by atoms with Gasteiger partial charge in [-0.2, -0.15) is 0 Å². The lowest BCUT2D eigenvalue weighted by atomic mass is 9.97. The number of aromatic hydroxyl groups is 3. The van der Waals surface area contributed by atoms with Gasteiger partial charge in [0, 0.05) is 17.7 Å². The Kier molecular flexibility index (Phi) is 13.9. The number of aliphatic hydroxyl groups is 11. The van der Waals surface area contributed by atoms with Crippen LogP contribution in [0.25, 0.3) is 22.3 Å². The Labute approximate surface area is 349 Å². The van der Waals surface area contributed by atoms with Gasteiger partial charge in [-0.1, -0.05) is 0 Å². The number of ether oxygens (including phenoxy) is 8. The van der Waals surface area contributed by atoms with E-state index in [2.05, 4.69) is 0 Å². The first-order chi connectivity index (χ1) is 29.4. The van der Waals surface area contributed by atoms with Crippen LogP contribution >= 0.6 is 0 Å². The van der Waals surface area contributed by atoms with Crippen molar-refractivity contribution >= 4 is 11.0 Å². The van der Waals surface area contributed by atoms with E-state index in [0.717, 1.165) is 12.1 Å². The molecule has 4 saturated heterocycles. The molecule has 7 rings (SSSR count). The maximum absolute atomic E-state index is 14.2. The molecule has 62 heavy (non-hydrogen) atoms. The van der Waals surface area contributed by atoms with Crippen molar-refractivity contribution in [3.8, 4) is 34.3 Å². The summed E-state index contributed by atoms with van der Waals surface area (Å²) in [7, 11) is 0. The molecule has 0 unspecified atom stereocenters. The van der Waals surface area contributed by atoms with Crippen LogP contribution in [0.1, 0.15) is 6.92 Å². The first-order valence-electron chi connectivity index (χ1n) is 19.3. The van der Waals surface area contributed by atoms with Crippen molar-refractivity contribution in [2.75, 3.05) is 19.8 Å². The normalized spacial score (nSPS) is 40.4. The number of aliphatic hydroxyl groups excluding tert-OH is 11. The minimum absolute atomic E-state index is 0.0942. The molecular formula is C38H48O24. The highest BCUT2D eigenvalue weighted by molar-refractivity contribution is 5.88. The molecule has 344 valence electrons. The van der Waals surface area contributed by atoms with Gasteiger partial charge in [-0.3, -0.25) is 4.79 Å². The highest BCUT2D eigenvalue weighted by Crippen LogP contribution is 2.39. The molecule has 4 fully saturated rings. The van der Waals surface area contributed by atoms with Crippen LogP contribution in [-0.2, 0) is 33.2 Å². The van der Waals surface area contributed by atoms with Crippen molar-refractivity contribution in [3.05, 3.63) is 46.6 Å². The summed E-state index contributed by atoms with van der Waals surface area (Å²) in [6.07, 6.45) is -33.6. The molecule has 0 saturated carbocycles. The van der Waals surface area contributed by atoms with Crippen molar-refractivity contribution in [2.24, 2.45) is 0 Å². The predicted molar refractivity (Wildman–Crippen MR) is 198 cm³/mol. The summed E-state index contributed by atoms with van der Waals surface area (Å²) in [6.45, 7) is -0.781. The van der Waals surface area contributed by atoms with Crippen molar-refractivity contribution < 1.29 is 114 Å². The molecule has 0 amide bonds. The Hall–Kier alpha value is -3.87. The smallest absolute Gasteiger partial charge is 0.239 e. The fourth-order valence-electron chi connectivity index (χ4n) is 7.45. The largest absolute Gasteiger partial charge is 0.508 e. The summed E-state index contributed by atoms with van der Waals surface area (Å²) < 4.78 is 51.5. The first kappa shape index (κ1) is 46.1. The predicted octanol–water partition coefficient (Wildman–Crippen LogP) is -5.11. The molecule has 0 spiro atoms. The van der Waals surface area contributed by atoms with E-state index in [4.69, 9.17) is 42.3 Å². The van der Waals surface area contributed by atoms with Gasteiger partial charge in [0.25, 0.3) is 0 Å². The van der Waals surface area contributed by atoms with E-state index in [1.807, 2.05) is 0 Å². The minimum Gasteiger partial charge on any atom is -0.508 e. The van der Waals surface area contributed by atoms with Crippen molar-refractivity contribution in [2.45, 2.75) is 124 Å². The second-order valence-corrected chi connectivity index (χ2v) is 15.3. The molecule has 24 nitrogen and oxygen atoms in total. The van der Waals surface area contributed by atoms with Gasteiger partial charge in [-0.15, -0.1) is 0 Å². The van der Waals surface area contributed by atoms with E-state index in [9.17, 15) is 76.3 Å². The van der Waals surface area contributed by atoms with Crippen LogP contribution in [-0.4, -0.2) is 208 Å². The molecule has 19 atom stereocenters. The summed E-state index contributed by atoms with van der Waals surface area (Å²) in [6, 6.07) is 7.00. The van der Waals surface area contributed by atoms with E-state index < -0.39 is 165 Å². The Balaban J connectivity index is 1.18. The molecule has 4 aliphatic rings. The molecule has 1 aromatic heterocycles. The van der Waals surface area contributed by atoms with Crippen LogP contribution in [0.5, 0.6) is 23.0 Å². The summed E-state index contributed by atoms with van der Waals surface area (Å²) in [4.78, 5) is 14.2. The molecule has 0 bridgehead atoms. The second kappa shape index (κ2) is 18.7. The van der Waals surface area contributed by atoms with Crippen molar-refractivity contribution in [1.82, 2.24) is 0 Å². The molecule has 0 aliphatic carbocycles. The van der Waals surface area contributed by atoms with Gasteiger partial charge in [-0.25, -0.2) is 0 Å². The van der Waals surface area contributed by atoms with Gasteiger partial charge in [0.1, 0.15) is 108 Å². The zero-order valence-electron chi connectivity index (χ0n) is 32.4. The number of phenolic OH excluding ortho intramolecular Hbond substituents is 3. The minimum atomic E-state index is -2.09. The quantitative estimate of drug-likeness (QED) is 0.0856. The fraction of sp³-hybridized carbons (Fsp3) is 0.605. The van der Waals surface area contributed by atoms with E-state index in [0.29, 0.717) is 0 Å². The maximum Gasteiger partial charge on any atom is 0.239 e. The lowest BCUT2D eigenvalue weighted by molar-refractivity contribution is -0.366. The third-order valence-electron chi connectivity index (χ3n) is 11.0. The molecule has 5 heterocycles. The third-order valence-corrected chi connectivity index (χ3v) is 11.0. The molecule has 2 aromatic carbocycles. The Morgan fingerprint density at radius 3 is 1.98 bits per heavy atom. The Morgan fingerprint density at radius 2 is 1.29 bits per heavy atom. The highest BCUT2D eigenvalue weighted by atomic mass is 16.8. The van der Waals surface area contributed by atoms with Gasteiger partial charge in [-0.05, 0) is 31.2 Å². The maximum atomic E-state index is 14.2. The van der Waals surface area contributed by atoms with E-state index >= 15 is 0 Å². The third kappa shape index (κ3) is 8.94. The zero-order valence-corrected chi connectivity index (χ0v) is 32.4. The van der Waals surface area contributed by atoms with E-state index in [1.165, 1.54) is 31.2 Å². The first-order valence-corrected chi connectivity index (χ1v) is 19.3. The number of benzene rings is 2. The average Bonchev–Trinajstić information content (AvgIpc) is 3.23. The standard InChI is InChI=1S/C38H48O24/c1-11-21(44)32(60-37-29(52)26(49)23(46)18(8-39)58-37)30(53)36(56-11)55-10-19-24(47)27(50)34(62-35-28(51)22(45)16(43)9-54-35)38(59-19)61-33-25(48)20-15(42)6-14(41)7-17(20)57-31(33)12-2-4-13(40)5-3-12/h2-7,11,16,18-19,21-24,26-30,32,34-47,49-53H,8-10H2,1H3/t11-,16+,18+,19+,21-,22-,23+,24+,26-,27-,28+,29+,30+,32+,34+,35-,36+,37+,38-/m0/s1. The topological polar surface area (TPSA) is 387 Å². The lowest BCUT2D eigenvalue weighted by Crippen LogP contribution is -2.65. The van der Waals surface area contributed by atoms with Gasteiger partial charge in [0.05, 0.1) is 25.9 Å². The summed E-state index contributed by atoms with van der Waals surface area (Å²) in [5, 5.41) is 147. The van der Waals surface area contributed by atoms with Gasteiger partial charge in [0.15, 0.2) is 30.7 Å². The molecule has 4 aliphatic heterocycles. The molecular weight excluding hydrogens is 840 g/mol. The number of fused-ring (bicyclic) bond motifs is 1. The Morgan fingerprint density at radius 1 is 0.645 bits per heavy atom.